The lowest BCUT2D eigenvalue weighted by molar-refractivity contribution is -0.0585. The summed E-state index contributed by atoms with van der Waals surface area (Å²) in [6.07, 6.45) is 4.16. The smallest absolute Gasteiger partial charge is 0.265 e. The molecule has 0 spiro atoms. The normalized spacial score (nSPS) is 22.9. The van der Waals surface area contributed by atoms with E-state index in [-0.39, 0.29) is 18.1 Å². The van der Waals surface area contributed by atoms with Crippen LogP contribution in [0.25, 0.3) is 21.7 Å². The van der Waals surface area contributed by atoms with Gasteiger partial charge in [-0.05, 0) is 44.7 Å². The number of hydrogen-bond acceptors (Lipinski definition) is 7. The standard InChI is InChI=1S/C23H28N4O3S/c1-14-6-8-26(9-7-14)17-4-5-18-19(10-17)30-25-21(18)22-24-11-20(31-22)23(28)27-12-15(2)29-16(3)13-27/h4-5,10-11,14-16H,6-9,12-13H2,1-3H3/t15-,16-/m1/s1. The molecule has 0 unspecified atom stereocenters. The Labute approximate surface area is 186 Å². The van der Waals surface area contributed by atoms with Gasteiger partial charge in [0.05, 0.1) is 23.8 Å². The molecular weight excluding hydrogens is 412 g/mol. The SMILES string of the molecule is CC1CCN(c2ccc3c(-c4ncc(C(=O)N5C[C@@H](C)O[C@H](C)C5)s4)noc3c2)CC1. The van der Waals surface area contributed by atoms with Crippen molar-refractivity contribution in [2.24, 2.45) is 5.92 Å². The van der Waals surface area contributed by atoms with E-state index in [0.29, 0.717) is 28.7 Å². The Morgan fingerprint density at radius 1 is 1.13 bits per heavy atom. The molecule has 31 heavy (non-hydrogen) atoms. The van der Waals surface area contributed by atoms with Gasteiger partial charge in [0.2, 0.25) is 0 Å². The van der Waals surface area contributed by atoms with Gasteiger partial charge in [-0.2, -0.15) is 0 Å². The summed E-state index contributed by atoms with van der Waals surface area (Å²) < 4.78 is 11.4. The van der Waals surface area contributed by atoms with Crippen molar-refractivity contribution in [1.82, 2.24) is 15.0 Å². The molecule has 2 aromatic heterocycles. The summed E-state index contributed by atoms with van der Waals surface area (Å²) in [6.45, 7) is 9.65. The lowest BCUT2D eigenvalue weighted by Gasteiger charge is -2.34. The molecule has 0 radical (unpaired) electrons. The molecule has 2 aliphatic heterocycles. The average molecular weight is 441 g/mol. The van der Waals surface area contributed by atoms with E-state index in [4.69, 9.17) is 9.26 Å². The number of anilines is 1. The Hall–Kier alpha value is -2.45. The minimum Gasteiger partial charge on any atom is -0.372 e. The largest absolute Gasteiger partial charge is 0.372 e. The van der Waals surface area contributed by atoms with E-state index in [1.807, 2.05) is 18.7 Å². The number of aromatic nitrogens is 2. The fourth-order valence-electron chi connectivity index (χ4n) is 4.53. The Kier molecular flexibility index (Phi) is 5.44. The highest BCUT2D eigenvalue weighted by Crippen LogP contribution is 2.34. The molecule has 1 amide bonds. The van der Waals surface area contributed by atoms with Crippen LogP contribution in [0.5, 0.6) is 0 Å². The topological polar surface area (TPSA) is 71.7 Å². The molecule has 4 heterocycles. The molecule has 8 heteroatoms. The van der Waals surface area contributed by atoms with Gasteiger partial charge in [-0.15, -0.1) is 11.3 Å². The first-order valence-corrected chi connectivity index (χ1v) is 11.8. The van der Waals surface area contributed by atoms with Crippen molar-refractivity contribution >= 4 is 33.9 Å². The van der Waals surface area contributed by atoms with E-state index >= 15 is 0 Å². The number of amides is 1. The summed E-state index contributed by atoms with van der Waals surface area (Å²) in [5, 5.41) is 5.91. The van der Waals surface area contributed by atoms with Crippen LogP contribution >= 0.6 is 11.3 Å². The third-order valence-corrected chi connectivity index (χ3v) is 7.22. The molecule has 2 atom stereocenters. The second kappa shape index (κ2) is 8.24. The summed E-state index contributed by atoms with van der Waals surface area (Å²) in [5.41, 5.74) is 2.62. The van der Waals surface area contributed by atoms with Gasteiger partial charge in [-0.3, -0.25) is 4.79 Å². The molecule has 0 saturated carbocycles. The number of carbonyl (C=O) groups is 1. The zero-order valence-corrected chi connectivity index (χ0v) is 19.0. The van der Waals surface area contributed by atoms with Crippen LogP contribution in [0, 0.1) is 5.92 Å². The number of piperidine rings is 1. The zero-order chi connectivity index (χ0) is 21.5. The third-order valence-electron chi connectivity index (χ3n) is 6.23. The molecule has 5 rings (SSSR count). The van der Waals surface area contributed by atoms with Crippen LogP contribution in [0.2, 0.25) is 0 Å². The van der Waals surface area contributed by atoms with Gasteiger partial charge < -0.3 is 19.1 Å². The van der Waals surface area contributed by atoms with E-state index in [2.05, 4.69) is 40.2 Å². The van der Waals surface area contributed by atoms with Crippen LogP contribution in [0.3, 0.4) is 0 Å². The Morgan fingerprint density at radius 3 is 2.61 bits per heavy atom. The number of benzene rings is 1. The molecule has 1 aromatic carbocycles. The first-order valence-electron chi connectivity index (χ1n) is 11.0. The highest BCUT2D eigenvalue weighted by molar-refractivity contribution is 7.17. The van der Waals surface area contributed by atoms with E-state index in [1.54, 1.807) is 6.20 Å². The summed E-state index contributed by atoms with van der Waals surface area (Å²) in [4.78, 5) is 22.3. The molecular formula is C23H28N4O3S. The van der Waals surface area contributed by atoms with Crippen molar-refractivity contribution in [1.29, 1.82) is 0 Å². The van der Waals surface area contributed by atoms with E-state index in [9.17, 15) is 4.79 Å². The average Bonchev–Trinajstić information content (AvgIpc) is 3.39. The summed E-state index contributed by atoms with van der Waals surface area (Å²) >= 11 is 1.37. The van der Waals surface area contributed by atoms with Gasteiger partial charge in [0, 0.05) is 37.9 Å². The van der Waals surface area contributed by atoms with Gasteiger partial charge in [0.25, 0.3) is 5.91 Å². The second-order valence-corrected chi connectivity index (χ2v) is 9.91. The van der Waals surface area contributed by atoms with Crippen LogP contribution in [-0.2, 0) is 4.74 Å². The maximum absolute atomic E-state index is 13.0. The van der Waals surface area contributed by atoms with Gasteiger partial charge in [-0.1, -0.05) is 12.1 Å². The van der Waals surface area contributed by atoms with Gasteiger partial charge in [-0.25, -0.2) is 4.98 Å². The summed E-state index contributed by atoms with van der Waals surface area (Å²) in [6, 6.07) is 6.26. The maximum atomic E-state index is 13.0. The fourth-order valence-corrected chi connectivity index (χ4v) is 5.41. The molecule has 0 N–H and O–H groups in total. The van der Waals surface area contributed by atoms with Gasteiger partial charge >= 0.3 is 0 Å². The number of ether oxygens (including phenoxy) is 1. The first kappa shape index (κ1) is 20.5. The number of nitrogens with zero attached hydrogens (tertiary/aromatic N) is 4. The predicted molar refractivity (Wildman–Crippen MR) is 122 cm³/mol. The fraction of sp³-hybridized carbons (Fsp3) is 0.522. The Balaban J connectivity index is 1.37. The molecule has 0 aliphatic carbocycles. The van der Waals surface area contributed by atoms with Gasteiger partial charge in [0.1, 0.15) is 15.6 Å². The van der Waals surface area contributed by atoms with Crippen LogP contribution < -0.4 is 4.90 Å². The van der Waals surface area contributed by atoms with Crippen LogP contribution in [0.1, 0.15) is 43.3 Å². The second-order valence-electron chi connectivity index (χ2n) is 8.88. The van der Waals surface area contributed by atoms with E-state index < -0.39 is 0 Å². The van der Waals surface area contributed by atoms with Crippen molar-refractivity contribution in [2.45, 2.75) is 45.8 Å². The molecule has 2 aliphatic rings. The van der Waals surface area contributed by atoms with Crippen LogP contribution in [0.15, 0.2) is 28.9 Å². The predicted octanol–water partition coefficient (Wildman–Crippen LogP) is 4.44. The number of thiazole rings is 1. The lowest BCUT2D eigenvalue weighted by atomic mass is 9.99. The zero-order valence-electron chi connectivity index (χ0n) is 18.2. The quantitative estimate of drug-likeness (QED) is 0.600. The molecule has 2 fully saturated rings. The van der Waals surface area contributed by atoms with Crippen LogP contribution in [0.4, 0.5) is 5.69 Å². The number of fused-ring (bicyclic) bond motifs is 1. The lowest BCUT2D eigenvalue weighted by Crippen LogP contribution is -2.48. The minimum atomic E-state index is 0.000151. The van der Waals surface area contributed by atoms with Crippen molar-refractivity contribution in [3.8, 4) is 10.7 Å². The highest BCUT2D eigenvalue weighted by Gasteiger charge is 2.28. The highest BCUT2D eigenvalue weighted by atomic mass is 32.1. The summed E-state index contributed by atoms with van der Waals surface area (Å²) in [5.74, 6) is 0.794. The molecule has 2 saturated heterocycles. The Bertz CT molecular complexity index is 1080. The summed E-state index contributed by atoms with van der Waals surface area (Å²) in [7, 11) is 0. The van der Waals surface area contributed by atoms with Crippen molar-refractivity contribution in [3.63, 3.8) is 0 Å². The Morgan fingerprint density at radius 2 is 1.87 bits per heavy atom. The monoisotopic (exact) mass is 440 g/mol. The number of rotatable bonds is 3. The number of morpholine rings is 1. The van der Waals surface area contributed by atoms with Crippen molar-refractivity contribution in [2.75, 3.05) is 31.1 Å². The van der Waals surface area contributed by atoms with E-state index in [1.165, 1.54) is 29.9 Å². The number of carbonyl (C=O) groups excluding carboxylic acids is 1. The van der Waals surface area contributed by atoms with Crippen LogP contribution in [-0.4, -0.2) is 59.3 Å². The van der Waals surface area contributed by atoms with Gasteiger partial charge in [0.15, 0.2) is 5.58 Å². The first-order chi connectivity index (χ1) is 15.0. The molecule has 3 aromatic rings. The third kappa shape index (κ3) is 4.06. The molecule has 0 bridgehead atoms. The van der Waals surface area contributed by atoms with Crippen molar-refractivity contribution < 1.29 is 14.1 Å². The molecule has 164 valence electrons. The van der Waals surface area contributed by atoms with Crippen molar-refractivity contribution in [3.05, 3.63) is 29.3 Å². The minimum absolute atomic E-state index is 0.000151. The van der Waals surface area contributed by atoms with E-state index in [0.717, 1.165) is 30.0 Å². The maximum Gasteiger partial charge on any atom is 0.265 e. The number of hydrogen-bond donors (Lipinski definition) is 0. The molecule has 7 nitrogen and oxygen atoms in total.